The zero-order valence-electron chi connectivity index (χ0n) is 16.7. The molecule has 2 amide bonds. The Morgan fingerprint density at radius 1 is 0.903 bits per heavy atom. The third-order valence-electron chi connectivity index (χ3n) is 7.27. The van der Waals surface area contributed by atoms with Gasteiger partial charge in [0, 0.05) is 10.4 Å². The topological polar surface area (TPSA) is 54.5 Å². The summed E-state index contributed by atoms with van der Waals surface area (Å²) in [6.07, 6.45) is 0.904. The molecule has 2 bridgehead atoms. The summed E-state index contributed by atoms with van der Waals surface area (Å²) in [5.74, 6) is -2.08. The Labute approximate surface area is 188 Å². The molecule has 31 heavy (non-hydrogen) atoms. The first-order valence-corrected chi connectivity index (χ1v) is 11.1. The molecular weight excluding hydrogens is 454 g/mol. The lowest BCUT2D eigenvalue weighted by Crippen LogP contribution is -2.54. The first kappa shape index (κ1) is 18.7. The second kappa shape index (κ2) is 6.24. The summed E-state index contributed by atoms with van der Waals surface area (Å²) in [5, 5.41) is 0. The van der Waals surface area contributed by atoms with E-state index in [2.05, 4.69) is 15.9 Å². The second-order valence-electron chi connectivity index (χ2n) is 8.59. The number of aryl methyl sites for hydroxylation is 1. The van der Waals surface area contributed by atoms with Crippen LogP contribution in [0.2, 0.25) is 0 Å². The van der Waals surface area contributed by atoms with Crippen molar-refractivity contribution in [1.29, 1.82) is 0 Å². The van der Waals surface area contributed by atoms with Crippen LogP contribution in [-0.2, 0) is 19.8 Å². The van der Waals surface area contributed by atoms with Gasteiger partial charge in [0.25, 0.3) is 0 Å². The summed E-state index contributed by atoms with van der Waals surface area (Å²) in [7, 11) is 0. The average molecular weight is 472 g/mol. The van der Waals surface area contributed by atoms with Crippen LogP contribution in [0.4, 0.5) is 5.69 Å². The smallest absolute Gasteiger partial charge is 0.239 e. The normalized spacial score (nSPS) is 27.7. The van der Waals surface area contributed by atoms with E-state index >= 15 is 0 Å². The second-order valence-corrected chi connectivity index (χ2v) is 9.50. The first-order chi connectivity index (χ1) is 15.0. The molecule has 3 aliphatic carbocycles. The van der Waals surface area contributed by atoms with E-state index in [1.165, 1.54) is 4.90 Å². The molecule has 4 nitrogen and oxygen atoms in total. The summed E-state index contributed by atoms with van der Waals surface area (Å²) in [6, 6.07) is 21.1. The lowest BCUT2D eigenvalue weighted by molar-refractivity contribution is -0.128. The van der Waals surface area contributed by atoms with Crippen molar-refractivity contribution in [3.63, 3.8) is 0 Å². The lowest BCUT2D eigenvalue weighted by atomic mass is 9.48. The van der Waals surface area contributed by atoms with Gasteiger partial charge in [-0.1, -0.05) is 64.5 Å². The number of halogens is 1. The molecule has 7 rings (SSSR count). The van der Waals surface area contributed by atoms with Gasteiger partial charge in [-0.3, -0.25) is 9.59 Å². The summed E-state index contributed by atoms with van der Waals surface area (Å²) in [6.45, 7) is 1.89. The number of imide groups is 1. The van der Waals surface area contributed by atoms with Gasteiger partial charge in [-0.05, 0) is 52.9 Å². The van der Waals surface area contributed by atoms with Crippen molar-refractivity contribution in [3.8, 4) is 0 Å². The number of benzene rings is 3. The van der Waals surface area contributed by atoms with Crippen LogP contribution in [0, 0.1) is 18.8 Å². The number of carbonyl (C=O) groups is 3. The molecule has 4 aliphatic rings. The van der Waals surface area contributed by atoms with E-state index in [-0.39, 0.29) is 17.7 Å². The molecule has 2 atom stereocenters. The summed E-state index contributed by atoms with van der Waals surface area (Å²) in [4.78, 5) is 42.0. The number of hydrogen-bond donors (Lipinski definition) is 0. The van der Waals surface area contributed by atoms with Crippen LogP contribution >= 0.6 is 15.9 Å². The Kier molecular flexibility index (Phi) is 3.76. The first-order valence-electron chi connectivity index (χ1n) is 10.3. The summed E-state index contributed by atoms with van der Waals surface area (Å²) in [5.41, 5.74) is 3.92. The molecule has 3 aromatic rings. The van der Waals surface area contributed by atoms with Gasteiger partial charge in [0.05, 0.1) is 22.9 Å². The summed E-state index contributed by atoms with van der Waals surface area (Å²) >= 11 is 3.45. The number of rotatable bonds is 2. The van der Waals surface area contributed by atoms with Crippen molar-refractivity contribution in [2.45, 2.75) is 18.3 Å². The maximum absolute atomic E-state index is 13.9. The van der Waals surface area contributed by atoms with Gasteiger partial charge >= 0.3 is 0 Å². The molecule has 0 radical (unpaired) electrons. The lowest BCUT2D eigenvalue weighted by Gasteiger charge is -2.51. The van der Waals surface area contributed by atoms with Gasteiger partial charge in [0.2, 0.25) is 11.8 Å². The van der Waals surface area contributed by atoms with Gasteiger partial charge in [-0.2, -0.15) is 0 Å². The molecule has 152 valence electrons. The molecular formula is C26H18BrNO3. The van der Waals surface area contributed by atoms with Crippen molar-refractivity contribution in [2.24, 2.45) is 11.8 Å². The van der Waals surface area contributed by atoms with E-state index in [0.717, 1.165) is 38.6 Å². The van der Waals surface area contributed by atoms with E-state index in [9.17, 15) is 14.4 Å². The highest BCUT2D eigenvalue weighted by molar-refractivity contribution is 9.10. The molecule has 0 spiro atoms. The maximum atomic E-state index is 13.9. The summed E-state index contributed by atoms with van der Waals surface area (Å²) < 4.78 is 0.884. The van der Waals surface area contributed by atoms with Gasteiger partial charge in [-0.15, -0.1) is 0 Å². The molecule has 5 heteroatoms. The van der Waals surface area contributed by atoms with Crippen molar-refractivity contribution in [3.05, 3.63) is 99.0 Å². The van der Waals surface area contributed by atoms with Gasteiger partial charge < -0.3 is 4.79 Å². The van der Waals surface area contributed by atoms with E-state index in [1.54, 1.807) is 6.07 Å². The van der Waals surface area contributed by atoms with E-state index in [4.69, 9.17) is 0 Å². The molecule has 3 aromatic carbocycles. The molecule has 1 fully saturated rings. The minimum atomic E-state index is -1.16. The largest absolute Gasteiger partial charge is 0.302 e. The number of anilines is 1. The third-order valence-corrected chi connectivity index (χ3v) is 7.76. The van der Waals surface area contributed by atoms with Gasteiger partial charge in [0.1, 0.15) is 6.29 Å². The fraction of sp³-hybridized carbons (Fsp3) is 0.192. The van der Waals surface area contributed by atoms with Crippen LogP contribution < -0.4 is 4.90 Å². The number of aldehydes is 1. The highest BCUT2D eigenvalue weighted by Gasteiger charge is 2.68. The van der Waals surface area contributed by atoms with Crippen LogP contribution in [0.15, 0.2) is 71.2 Å². The molecule has 0 N–H and O–H groups in total. The SMILES string of the molecule is Cc1cc(Br)ccc1N1C(=O)[C@H]2C3c4ccccc4C(C=O)(c4ccccc43)[C@H]2C1=O. The Balaban J connectivity index is 1.65. The Morgan fingerprint density at radius 2 is 1.52 bits per heavy atom. The zero-order chi connectivity index (χ0) is 21.5. The van der Waals surface area contributed by atoms with Gasteiger partial charge in [0.15, 0.2) is 0 Å². The standard InChI is InChI=1S/C26H18BrNO3/c1-14-12-15(27)10-11-20(14)28-24(30)22-21-16-6-2-4-8-18(16)26(13-29,23(22)25(28)31)19-9-5-3-7-17(19)21/h2-13,21-23H,1H3/t21?,22-,23+,26?/m0/s1. The number of nitrogens with zero attached hydrogens (tertiary/aromatic N) is 1. The van der Waals surface area contributed by atoms with E-state index < -0.39 is 17.3 Å². The van der Waals surface area contributed by atoms with Crippen LogP contribution in [0.1, 0.15) is 33.7 Å². The molecule has 1 heterocycles. The fourth-order valence-electron chi connectivity index (χ4n) is 6.14. The van der Waals surface area contributed by atoms with Crippen molar-refractivity contribution >= 4 is 39.7 Å². The van der Waals surface area contributed by atoms with Crippen molar-refractivity contribution < 1.29 is 14.4 Å². The average Bonchev–Trinajstić information content (AvgIpc) is 3.05. The number of amides is 2. The third kappa shape index (κ3) is 2.12. The van der Waals surface area contributed by atoms with Gasteiger partial charge in [-0.25, -0.2) is 4.90 Å². The van der Waals surface area contributed by atoms with Crippen molar-refractivity contribution in [1.82, 2.24) is 0 Å². The van der Waals surface area contributed by atoms with Crippen molar-refractivity contribution in [2.75, 3.05) is 4.90 Å². The highest BCUT2D eigenvalue weighted by Crippen LogP contribution is 2.63. The van der Waals surface area contributed by atoms with E-state index in [0.29, 0.717) is 5.69 Å². The molecule has 0 unspecified atom stereocenters. The Morgan fingerprint density at radius 3 is 2.10 bits per heavy atom. The number of carbonyl (C=O) groups excluding carboxylic acids is 3. The quantitative estimate of drug-likeness (QED) is 0.408. The van der Waals surface area contributed by atoms with Crippen LogP contribution in [-0.4, -0.2) is 18.1 Å². The minimum absolute atomic E-state index is 0.222. The minimum Gasteiger partial charge on any atom is -0.302 e. The zero-order valence-corrected chi connectivity index (χ0v) is 18.3. The predicted molar refractivity (Wildman–Crippen MR) is 120 cm³/mol. The predicted octanol–water partition coefficient (Wildman–Crippen LogP) is 4.51. The monoisotopic (exact) mass is 471 g/mol. The highest BCUT2D eigenvalue weighted by atomic mass is 79.9. The Bertz CT molecular complexity index is 1270. The van der Waals surface area contributed by atoms with E-state index in [1.807, 2.05) is 67.6 Å². The fourth-order valence-corrected chi connectivity index (χ4v) is 6.61. The number of hydrogen-bond acceptors (Lipinski definition) is 3. The molecule has 1 aliphatic heterocycles. The van der Waals surface area contributed by atoms with Crippen LogP contribution in [0.5, 0.6) is 0 Å². The maximum Gasteiger partial charge on any atom is 0.239 e. The van der Waals surface area contributed by atoms with Crippen LogP contribution in [0.25, 0.3) is 0 Å². The Hall–Kier alpha value is -3.05. The molecule has 0 aromatic heterocycles. The molecule has 1 saturated heterocycles. The molecule has 0 saturated carbocycles. The van der Waals surface area contributed by atoms with Crippen LogP contribution in [0.3, 0.4) is 0 Å².